The van der Waals surface area contributed by atoms with E-state index < -0.39 is 0 Å². The van der Waals surface area contributed by atoms with Gasteiger partial charge in [-0.15, -0.1) is 24.0 Å². The summed E-state index contributed by atoms with van der Waals surface area (Å²) in [4.78, 5) is 23.0. The van der Waals surface area contributed by atoms with Crippen LogP contribution in [0.2, 0.25) is 0 Å². The van der Waals surface area contributed by atoms with Crippen molar-refractivity contribution in [1.82, 2.24) is 30.3 Å². The molecule has 176 valence electrons. The molecule has 2 N–H and O–H groups in total. The molecule has 0 bridgehead atoms. The lowest BCUT2D eigenvalue weighted by Crippen LogP contribution is -2.49. The van der Waals surface area contributed by atoms with Crippen LogP contribution in [0, 0.1) is 0 Å². The van der Waals surface area contributed by atoms with E-state index in [0.717, 1.165) is 42.3 Å². The van der Waals surface area contributed by atoms with E-state index in [1.807, 2.05) is 28.9 Å². The monoisotopic (exact) mass is 555 g/mol. The molecule has 32 heavy (non-hydrogen) atoms. The van der Waals surface area contributed by atoms with E-state index in [9.17, 15) is 4.79 Å². The van der Waals surface area contributed by atoms with E-state index in [1.54, 1.807) is 26.1 Å². The summed E-state index contributed by atoms with van der Waals surface area (Å²) < 4.78 is 7.20. The molecule has 1 aliphatic rings. The lowest BCUT2D eigenvalue weighted by atomic mass is 10.1. The summed E-state index contributed by atoms with van der Waals surface area (Å²) in [5, 5.41) is 11.3. The van der Waals surface area contributed by atoms with Crippen LogP contribution in [-0.2, 0) is 24.3 Å². The number of nitrogens with zero attached hydrogens (tertiary/aromatic N) is 5. The normalized spacial score (nSPS) is 15.6. The van der Waals surface area contributed by atoms with E-state index >= 15 is 0 Å². The van der Waals surface area contributed by atoms with Gasteiger partial charge in [0.25, 0.3) is 0 Å². The number of benzene rings is 1. The number of hydrogen-bond donors (Lipinski definition) is 2. The first-order valence-corrected chi connectivity index (χ1v) is 10.7. The molecule has 0 saturated carbocycles. The van der Waals surface area contributed by atoms with Crippen molar-refractivity contribution in [2.24, 2.45) is 4.99 Å². The summed E-state index contributed by atoms with van der Waals surface area (Å²) in [5.41, 5.74) is 1.06. The predicted octanol–water partition coefficient (Wildman–Crippen LogP) is 2.17. The van der Waals surface area contributed by atoms with Crippen molar-refractivity contribution in [3.63, 3.8) is 0 Å². The zero-order chi connectivity index (χ0) is 22.4. The second kappa shape index (κ2) is 12.0. The molecule has 0 spiro atoms. The molecule has 0 saturated heterocycles. The number of carbonyl (C=O) groups excluding carboxylic acids is 1. The number of guanidine groups is 1. The fourth-order valence-electron chi connectivity index (χ4n) is 3.26. The minimum absolute atomic E-state index is 0. The average molecular weight is 555 g/mol. The number of halogens is 1. The number of aromatic nitrogens is 3. The van der Waals surface area contributed by atoms with Crippen molar-refractivity contribution in [3.05, 3.63) is 41.5 Å². The van der Waals surface area contributed by atoms with Crippen LogP contribution < -0.4 is 15.4 Å². The fraction of sp³-hybridized carbons (Fsp3) is 0.545. The first-order valence-electron chi connectivity index (χ1n) is 10.7. The standard InChI is InChI=1S/C22H33N7O2.HI/c1-15(2)21-26-19-11-8-17(14-29(19)27-21)25-22(24-13-20(30)28(3)4)23-12-16-6-9-18(31-5)10-7-16;/h6-7,9-10,15,17H,8,11-14H2,1-5H3,(H2,23,24,25);1H. The van der Waals surface area contributed by atoms with Crippen molar-refractivity contribution in [1.29, 1.82) is 0 Å². The third-order valence-corrected chi connectivity index (χ3v) is 5.22. The minimum Gasteiger partial charge on any atom is -0.497 e. The Hall–Kier alpha value is -2.37. The van der Waals surface area contributed by atoms with Gasteiger partial charge in [-0.2, -0.15) is 5.10 Å². The molecular formula is C22H34IN7O2. The summed E-state index contributed by atoms with van der Waals surface area (Å²) in [7, 11) is 5.13. The lowest BCUT2D eigenvalue weighted by molar-refractivity contribution is -0.127. The summed E-state index contributed by atoms with van der Waals surface area (Å²) in [5.74, 6) is 3.65. The molecule has 2 heterocycles. The first-order chi connectivity index (χ1) is 14.9. The van der Waals surface area contributed by atoms with Gasteiger partial charge < -0.3 is 20.3 Å². The largest absolute Gasteiger partial charge is 0.497 e. The number of nitrogens with one attached hydrogen (secondary N) is 2. The molecule has 0 aliphatic carbocycles. The smallest absolute Gasteiger partial charge is 0.241 e. The van der Waals surface area contributed by atoms with E-state index in [4.69, 9.17) is 9.73 Å². The minimum atomic E-state index is -0.0114. The van der Waals surface area contributed by atoms with Crippen molar-refractivity contribution >= 4 is 35.8 Å². The third-order valence-electron chi connectivity index (χ3n) is 5.22. The zero-order valence-corrected chi connectivity index (χ0v) is 21.8. The second-order valence-corrected chi connectivity index (χ2v) is 8.26. The van der Waals surface area contributed by atoms with Gasteiger partial charge >= 0.3 is 0 Å². The number of aryl methyl sites for hydroxylation is 1. The Labute approximate surface area is 207 Å². The van der Waals surface area contributed by atoms with Crippen LogP contribution in [-0.4, -0.2) is 65.3 Å². The molecule has 1 amide bonds. The fourth-order valence-corrected chi connectivity index (χ4v) is 3.26. The molecule has 3 rings (SSSR count). The van der Waals surface area contributed by atoms with Gasteiger partial charge in [0.1, 0.15) is 11.6 Å². The Balaban J connectivity index is 0.00000363. The number of likely N-dealkylation sites (N-methyl/N-ethyl adjacent to an activating group) is 1. The van der Waals surface area contributed by atoms with Crippen LogP contribution in [0.5, 0.6) is 5.75 Å². The van der Waals surface area contributed by atoms with Gasteiger partial charge in [0.15, 0.2) is 11.8 Å². The van der Waals surface area contributed by atoms with Crippen LogP contribution in [0.15, 0.2) is 29.3 Å². The highest BCUT2D eigenvalue weighted by Crippen LogP contribution is 2.17. The molecule has 1 aliphatic heterocycles. The van der Waals surface area contributed by atoms with E-state index in [0.29, 0.717) is 18.4 Å². The van der Waals surface area contributed by atoms with Crippen LogP contribution in [0.3, 0.4) is 0 Å². The van der Waals surface area contributed by atoms with E-state index in [2.05, 4.69) is 34.6 Å². The third kappa shape index (κ3) is 7.07. The highest BCUT2D eigenvalue weighted by atomic mass is 127. The molecule has 10 heteroatoms. The molecule has 1 aromatic carbocycles. The Bertz CT molecular complexity index is 910. The maximum absolute atomic E-state index is 12.1. The predicted molar refractivity (Wildman–Crippen MR) is 136 cm³/mol. The molecular weight excluding hydrogens is 521 g/mol. The molecule has 1 unspecified atom stereocenters. The van der Waals surface area contributed by atoms with Gasteiger partial charge in [-0.25, -0.2) is 14.7 Å². The summed E-state index contributed by atoms with van der Waals surface area (Å²) >= 11 is 0. The second-order valence-electron chi connectivity index (χ2n) is 8.26. The SMILES string of the molecule is COc1ccc(CN=C(NCC(=O)N(C)C)NC2CCc3nc(C(C)C)nn3C2)cc1.I. The summed E-state index contributed by atoms with van der Waals surface area (Å²) in [6.07, 6.45) is 1.79. The summed E-state index contributed by atoms with van der Waals surface area (Å²) in [6, 6.07) is 7.97. The number of amides is 1. The van der Waals surface area contributed by atoms with Crippen LogP contribution >= 0.6 is 24.0 Å². The molecule has 1 atom stereocenters. The van der Waals surface area contributed by atoms with Crippen molar-refractivity contribution in [2.45, 2.75) is 51.7 Å². The van der Waals surface area contributed by atoms with Crippen LogP contribution in [0.4, 0.5) is 0 Å². The Morgan fingerprint density at radius 3 is 2.66 bits per heavy atom. The van der Waals surface area contributed by atoms with E-state index in [1.165, 1.54) is 0 Å². The molecule has 0 fully saturated rings. The number of ether oxygens (including phenoxy) is 1. The number of carbonyl (C=O) groups is 1. The average Bonchev–Trinajstić information content (AvgIpc) is 3.19. The number of aliphatic imine (C=N–C) groups is 1. The molecule has 9 nitrogen and oxygen atoms in total. The Morgan fingerprint density at radius 1 is 1.31 bits per heavy atom. The topological polar surface area (TPSA) is 96.7 Å². The lowest BCUT2D eigenvalue weighted by Gasteiger charge is -2.25. The van der Waals surface area contributed by atoms with E-state index in [-0.39, 0.29) is 42.5 Å². The Kier molecular flexibility index (Phi) is 9.73. The number of hydrogen-bond acceptors (Lipinski definition) is 5. The summed E-state index contributed by atoms with van der Waals surface area (Å²) in [6.45, 7) is 5.60. The Morgan fingerprint density at radius 2 is 2.03 bits per heavy atom. The van der Waals surface area contributed by atoms with Gasteiger partial charge in [-0.05, 0) is 24.1 Å². The highest BCUT2D eigenvalue weighted by Gasteiger charge is 2.23. The zero-order valence-electron chi connectivity index (χ0n) is 19.5. The van der Waals surface area contributed by atoms with Crippen molar-refractivity contribution in [3.8, 4) is 5.75 Å². The van der Waals surface area contributed by atoms with Gasteiger partial charge in [0, 0.05) is 32.5 Å². The van der Waals surface area contributed by atoms with Crippen LogP contribution in [0.1, 0.15) is 43.4 Å². The highest BCUT2D eigenvalue weighted by molar-refractivity contribution is 14.0. The first kappa shape index (κ1) is 25.9. The van der Waals surface area contributed by atoms with Crippen molar-refractivity contribution < 1.29 is 9.53 Å². The molecule has 0 radical (unpaired) electrons. The number of fused-ring (bicyclic) bond motifs is 1. The number of rotatable bonds is 7. The van der Waals surface area contributed by atoms with Gasteiger partial charge in [0.05, 0.1) is 26.7 Å². The van der Waals surface area contributed by atoms with Gasteiger partial charge in [0.2, 0.25) is 5.91 Å². The van der Waals surface area contributed by atoms with Crippen molar-refractivity contribution in [2.75, 3.05) is 27.7 Å². The maximum atomic E-state index is 12.1. The quantitative estimate of drug-likeness (QED) is 0.309. The van der Waals surface area contributed by atoms with Crippen LogP contribution in [0.25, 0.3) is 0 Å². The van der Waals surface area contributed by atoms with Gasteiger partial charge in [-0.3, -0.25) is 4.79 Å². The maximum Gasteiger partial charge on any atom is 0.241 e. The van der Waals surface area contributed by atoms with Gasteiger partial charge in [-0.1, -0.05) is 26.0 Å². The number of methoxy groups -OCH3 is 1. The molecule has 2 aromatic rings. The molecule has 1 aromatic heterocycles.